The smallest absolute Gasteiger partial charge is 0.249 e. The van der Waals surface area contributed by atoms with Gasteiger partial charge in [0.15, 0.2) is 4.90 Å². The van der Waals surface area contributed by atoms with Gasteiger partial charge in [-0.15, -0.1) is 0 Å². The van der Waals surface area contributed by atoms with Crippen molar-refractivity contribution in [3.8, 4) is 0 Å². The molecule has 1 unspecified atom stereocenters. The van der Waals surface area contributed by atoms with Gasteiger partial charge >= 0.3 is 0 Å². The molecule has 2 rings (SSSR count). The summed E-state index contributed by atoms with van der Waals surface area (Å²) in [5.41, 5.74) is 5.05. The summed E-state index contributed by atoms with van der Waals surface area (Å²) in [5.74, 6) is -2.48. The fraction of sp³-hybridized carbons (Fsp3) is 0.455. The lowest BCUT2D eigenvalue weighted by Crippen LogP contribution is -2.47. The SMILES string of the molecule is Nc1cc(F)c(S(=O)(=O)N2CCOC(CO)C2)c(F)c1. The molecule has 1 aliphatic heterocycles. The summed E-state index contributed by atoms with van der Waals surface area (Å²) in [6.07, 6.45) is -0.710. The second kappa shape index (κ2) is 5.60. The molecule has 9 heteroatoms. The van der Waals surface area contributed by atoms with Crippen LogP contribution in [0.25, 0.3) is 0 Å². The average molecular weight is 308 g/mol. The van der Waals surface area contributed by atoms with Crippen LogP contribution in [0.3, 0.4) is 0 Å². The highest BCUT2D eigenvalue weighted by Gasteiger charge is 2.34. The Hall–Kier alpha value is -1.29. The number of sulfonamides is 1. The van der Waals surface area contributed by atoms with Crippen LogP contribution >= 0.6 is 0 Å². The first-order chi connectivity index (χ1) is 9.36. The molecule has 6 nitrogen and oxygen atoms in total. The molecule has 1 aliphatic rings. The van der Waals surface area contributed by atoms with Crippen LogP contribution in [0.5, 0.6) is 0 Å². The maximum Gasteiger partial charge on any atom is 0.249 e. The zero-order valence-electron chi connectivity index (χ0n) is 10.4. The predicted molar refractivity (Wildman–Crippen MR) is 66.4 cm³/mol. The molecule has 1 heterocycles. The second-order valence-electron chi connectivity index (χ2n) is 4.35. The van der Waals surface area contributed by atoms with Crippen molar-refractivity contribution in [2.45, 2.75) is 11.0 Å². The second-order valence-corrected chi connectivity index (χ2v) is 6.23. The van der Waals surface area contributed by atoms with E-state index in [1.165, 1.54) is 0 Å². The molecule has 1 atom stereocenters. The first-order valence-corrected chi connectivity index (χ1v) is 7.27. The standard InChI is InChI=1S/C11H14F2N2O4S/c12-9-3-7(14)4-10(13)11(9)20(17,18)15-1-2-19-8(5-15)6-16/h3-4,8,16H,1-2,5-6,14H2. The zero-order valence-corrected chi connectivity index (χ0v) is 11.2. The van der Waals surface area contributed by atoms with Crippen LogP contribution in [0.1, 0.15) is 0 Å². The lowest BCUT2D eigenvalue weighted by Gasteiger charge is -2.31. The summed E-state index contributed by atoms with van der Waals surface area (Å²) in [6, 6.07) is 1.50. The van der Waals surface area contributed by atoms with Crippen molar-refractivity contribution in [3.63, 3.8) is 0 Å². The van der Waals surface area contributed by atoms with Gasteiger partial charge in [-0.1, -0.05) is 0 Å². The summed E-state index contributed by atoms with van der Waals surface area (Å²) in [4.78, 5) is -1.04. The quantitative estimate of drug-likeness (QED) is 0.763. The molecular weight excluding hydrogens is 294 g/mol. The van der Waals surface area contributed by atoms with Crippen molar-refractivity contribution < 1.29 is 27.0 Å². The third-order valence-corrected chi connectivity index (χ3v) is 4.84. The molecule has 112 valence electrons. The maximum atomic E-state index is 13.7. The van der Waals surface area contributed by atoms with Gasteiger partial charge in [0.2, 0.25) is 10.0 Å². The lowest BCUT2D eigenvalue weighted by atomic mass is 10.3. The molecule has 3 N–H and O–H groups in total. The number of rotatable bonds is 3. The van der Waals surface area contributed by atoms with Crippen LogP contribution in [-0.2, 0) is 14.8 Å². The van der Waals surface area contributed by atoms with E-state index in [9.17, 15) is 17.2 Å². The van der Waals surface area contributed by atoms with Gasteiger partial charge in [-0.05, 0) is 12.1 Å². The Kier molecular flexibility index (Phi) is 4.23. The maximum absolute atomic E-state index is 13.7. The number of nitrogens with zero attached hydrogens (tertiary/aromatic N) is 1. The number of anilines is 1. The number of ether oxygens (including phenoxy) is 1. The summed E-state index contributed by atoms with van der Waals surface area (Å²) in [7, 11) is -4.35. The molecule has 1 aromatic rings. The normalized spacial score (nSPS) is 21.1. The third-order valence-electron chi connectivity index (χ3n) is 2.92. The van der Waals surface area contributed by atoms with Crippen LogP contribution in [0.4, 0.5) is 14.5 Å². The van der Waals surface area contributed by atoms with Crippen LogP contribution < -0.4 is 5.73 Å². The topological polar surface area (TPSA) is 92.9 Å². The highest BCUT2D eigenvalue weighted by molar-refractivity contribution is 7.89. The molecule has 0 aliphatic carbocycles. The summed E-state index contributed by atoms with van der Waals surface area (Å²) in [6.45, 7) is -0.536. The number of hydrogen-bond donors (Lipinski definition) is 2. The Bertz CT molecular complexity index is 585. The third kappa shape index (κ3) is 2.75. The predicted octanol–water partition coefficient (Wildman–Crippen LogP) is -0.0712. The van der Waals surface area contributed by atoms with Crippen molar-refractivity contribution >= 4 is 15.7 Å². The summed E-state index contributed by atoms with van der Waals surface area (Å²) < 4.78 is 58.0. The van der Waals surface area contributed by atoms with E-state index in [-0.39, 0.29) is 32.0 Å². The molecule has 0 amide bonds. The first kappa shape index (κ1) is 15.1. The Labute approximate surface area is 114 Å². The van der Waals surface area contributed by atoms with E-state index in [0.717, 1.165) is 16.4 Å². The van der Waals surface area contributed by atoms with Crippen molar-refractivity contribution in [1.82, 2.24) is 4.31 Å². The number of nitrogens with two attached hydrogens (primary N) is 1. The fourth-order valence-corrected chi connectivity index (χ4v) is 3.52. The molecular formula is C11H14F2N2O4S. The van der Waals surface area contributed by atoms with Gasteiger partial charge in [0.05, 0.1) is 19.3 Å². The minimum Gasteiger partial charge on any atom is -0.399 e. The largest absolute Gasteiger partial charge is 0.399 e. The minimum absolute atomic E-state index is 0.0396. The minimum atomic E-state index is -4.35. The van der Waals surface area contributed by atoms with E-state index in [1.807, 2.05) is 0 Å². The van der Waals surface area contributed by atoms with Crippen molar-refractivity contribution in [2.24, 2.45) is 0 Å². The van der Waals surface area contributed by atoms with E-state index in [1.54, 1.807) is 0 Å². The molecule has 1 aromatic carbocycles. The number of benzene rings is 1. The number of aliphatic hydroxyl groups excluding tert-OH is 1. The average Bonchev–Trinajstić information content (AvgIpc) is 2.37. The monoisotopic (exact) mass is 308 g/mol. The zero-order chi connectivity index (χ0) is 14.9. The van der Waals surface area contributed by atoms with Gasteiger partial charge in [-0.3, -0.25) is 0 Å². The van der Waals surface area contributed by atoms with Gasteiger partial charge in [0.25, 0.3) is 0 Å². The Morgan fingerprint density at radius 3 is 2.55 bits per heavy atom. The first-order valence-electron chi connectivity index (χ1n) is 5.83. The van der Waals surface area contributed by atoms with Crippen LogP contribution in [0, 0.1) is 11.6 Å². The summed E-state index contributed by atoms with van der Waals surface area (Å²) in [5, 5.41) is 8.98. The van der Waals surface area contributed by atoms with Gasteiger partial charge in [0, 0.05) is 18.8 Å². The number of nitrogen functional groups attached to an aromatic ring is 1. The van der Waals surface area contributed by atoms with Gasteiger partial charge < -0.3 is 15.6 Å². The van der Waals surface area contributed by atoms with E-state index in [2.05, 4.69) is 0 Å². The molecule has 1 saturated heterocycles. The van der Waals surface area contributed by atoms with Gasteiger partial charge in [0.1, 0.15) is 11.6 Å². The molecule has 0 spiro atoms. The molecule has 0 bridgehead atoms. The van der Waals surface area contributed by atoms with E-state index in [0.29, 0.717) is 0 Å². The van der Waals surface area contributed by atoms with Gasteiger partial charge in [-0.2, -0.15) is 4.31 Å². The Balaban J connectivity index is 2.40. The van der Waals surface area contributed by atoms with E-state index < -0.39 is 32.7 Å². The number of morpholine rings is 1. The van der Waals surface area contributed by atoms with Crippen LogP contribution in [0.15, 0.2) is 17.0 Å². The fourth-order valence-electron chi connectivity index (χ4n) is 1.98. The van der Waals surface area contributed by atoms with Crippen molar-refractivity contribution in [3.05, 3.63) is 23.8 Å². The van der Waals surface area contributed by atoms with Crippen LogP contribution in [-0.4, -0.2) is 50.2 Å². The highest BCUT2D eigenvalue weighted by Crippen LogP contribution is 2.26. The lowest BCUT2D eigenvalue weighted by molar-refractivity contribution is -0.0305. The highest BCUT2D eigenvalue weighted by atomic mass is 32.2. The number of aliphatic hydroxyl groups is 1. The van der Waals surface area contributed by atoms with Crippen molar-refractivity contribution in [2.75, 3.05) is 32.0 Å². The van der Waals surface area contributed by atoms with Crippen molar-refractivity contribution in [1.29, 1.82) is 0 Å². The summed E-state index contributed by atoms with van der Waals surface area (Å²) >= 11 is 0. The number of halogens is 2. The Morgan fingerprint density at radius 1 is 1.40 bits per heavy atom. The molecule has 0 radical (unpaired) electrons. The number of hydrogen-bond acceptors (Lipinski definition) is 5. The van der Waals surface area contributed by atoms with E-state index >= 15 is 0 Å². The van der Waals surface area contributed by atoms with Gasteiger partial charge in [-0.25, -0.2) is 17.2 Å². The van der Waals surface area contributed by atoms with Crippen LogP contribution in [0.2, 0.25) is 0 Å². The molecule has 0 aromatic heterocycles. The molecule has 1 fully saturated rings. The van der Waals surface area contributed by atoms with E-state index in [4.69, 9.17) is 15.6 Å². The Morgan fingerprint density at radius 2 is 2.00 bits per heavy atom. The molecule has 20 heavy (non-hydrogen) atoms. The molecule has 0 saturated carbocycles.